The lowest BCUT2D eigenvalue weighted by molar-refractivity contribution is 0.0574. The van der Waals surface area contributed by atoms with Crippen LogP contribution in [0.5, 0.6) is 0 Å². The Balaban J connectivity index is 2.40. The number of aliphatic hydroxyl groups excluding tert-OH is 1. The summed E-state index contributed by atoms with van der Waals surface area (Å²) in [6, 6.07) is 6.11. The van der Waals surface area contributed by atoms with E-state index in [1.165, 1.54) is 5.56 Å². The van der Waals surface area contributed by atoms with Gasteiger partial charge in [-0.25, -0.2) is 0 Å². The lowest BCUT2D eigenvalue weighted by Gasteiger charge is -2.27. The van der Waals surface area contributed by atoms with Gasteiger partial charge in [0.15, 0.2) is 0 Å². The molecule has 2 rings (SSSR count). The quantitative estimate of drug-likeness (QED) is 0.908. The molecule has 1 amide bonds. The largest absolute Gasteiger partial charge is 0.392 e. The fraction of sp³-hybridized carbons (Fsp3) is 0.471. The van der Waals surface area contributed by atoms with Crippen LogP contribution in [-0.4, -0.2) is 39.6 Å². The smallest absolute Gasteiger partial charge is 0.270 e. The van der Waals surface area contributed by atoms with Gasteiger partial charge in [-0.3, -0.25) is 4.79 Å². The SMILES string of the molecule is Cc1cc(C)c2cc(C(=O)N(CC(C)O)C(C)C)[nH]c2c1. The number of hydrogen-bond acceptors (Lipinski definition) is 2. The Labute approximate surface area is 125 Å². The van der Waals surface area contributed by atoms with Crippen LogP contribution in [0.4, 0.5) is 0 Å². The molecule has 1 atom stereocenters. The van der Waals surface area contributed by atoms with Crippen molar-refractivity contribution in [3.05, 3.63) is 35.0 Å². The number of aliphatic hydroxyl groups is 1. The van der Waals surface area contributed by atoms with Crippen molar-refractivity contribution >= 4 is 16.8 Å². The molecule has 0 aliphatic rings. The number of nitrogens with one attached hydrogen (secondary N) is 1. The van der Waals surface area contributed by atoms with Crippen molar-refractivity contribution in [3.8, 4) is 0 Å². The summed E-state index contributed by atoms with van der Waals surface area (Å²) in [5, 5.41) is 10.7. The van der Waals surface area contributed by atoms with Gasteiger partial charge < -0.3 is 15.0 Å². The van der Waals surface area contributed by atoms with Crippen LogP contribution in [0.25, 0.3) is 10.9 Å². The Hall–Kier alpha value is -1.81. The van der Waals surface area contributed by atoms with E-state index >= 15 is 0 Å². The fourth-order valence-corrected chi connectivity index (χ4v) is 2.68. The van der Waals surface area contributed by atoms with Gasteiger partial charge in [0.25, 0.3) is 5.91 Å². The lowest BCUT2D eigenvalue weighted by Crippen LogP contribution is -2.41. The molecule has 21 heavy (non-hydrogen) atoms. The summed E-state index contributed by atoms with van der Waals surface area (Å²) in [4.78, 5) is 17.6. The van der Waals surface area contributed by atoms with Crippen LogP contribution < -0.4 is 0 Å². The highest BCUT2D eigenvalue weighted by Crippen LogP contribution is 2.22. The average Bonchev–Trinajstić information content (AvgIpc) is 2.78. The zero-order valence-electron chi connectivity index (χ0n) is 13.4. The summed E-state index contributed by atoms with van der Waals surface area (Å²) in [7, 11) is 0. The first-order valence-corrected chi connectivity index (χ1v) is 7.38. The maximum absolute atomic E-state index is 12.7. The van der Waals surface area contributed by atoms with Crippen molar-refractivity contribution in [3.63, 3.8) is 0 Å². The van der Waals surface area contributed by atoms with E-state index < -0.39 is 6.10 Å². The third-order valence-electron chi connectivity index (χ3n) is 3.66. The van der Waals surface area contributed by atoms with E-state index in [1.807, 2.05) is 39.8 Å². The second-order valence-electron chi connectivity index (χ2n) is 6.13. The highest BCUT2D eigenvalue weighted by Gasteiger charge is 2.22. The van der Waals surface area contributed by atoms with E-state index in [1.54, 1.807) is 11.8 Å². The van der Waals surface area contributed by atoms with Crippen LogP contribution in [0.3, 0.4) is 0 Å². The highest BCUT2D eigenvalue weighted by atomic mass is 16.3. The van der Waals surface area contributed by atoms with Gasteiger partial charge in [-0.05, 0) is 57.9 Å². The second kappa shape index (κ2) is 5.90. The average molecular weight is 288 g/mol. The Morgan fingerprint density at radius 1 is 1.24 bits per heavy atom. The molecule has 2 N–H and O–H groups in total. The fourth-order valence-electron chi connectivity index (χ4n) is 2.68. The third kappa shape index (κ3) is 3.27. The molecule has 2 aromatic rings. The number of benzene rings is 1. The van der Waals surface area contributed by atoms with Crippen molar-refractivity contribution in [2.45, 2.75) is 46.8 Å². The minimum absolute atomic E-state index is 0.0429. The molecule has 0 saturated heterocycles. The Bertz CT molecular complexity index is 656. The maximum Gasteiger partial charge on any atom is 0.270 e. The number of rotatable bonds is 4. The number of amides is 1. The summed E-state index contributed by atoms with van der Waals surface area (Å²) < 4.78 is 0. The number of carbonyl (C=O) groups is 1. The predicted molar refractivity (Wildman–Crippen MR) is 85.6 cm³/mol. The molecular weight excluding hydrogens is 264 g/mol. The number of aromatic nitrogens is 1. The number of H-pyrrole nitrogens is 1. The first-order valence-electron chi connectivity index (χ1n) is 7.38. The minimum Gasteiger partial charge on any atom is -0.392 e. The van der Waals surface area contributed by atoms with Gasteiger partial charge in [0.05, 0.1) is 6.10 Å². The van der Waals surface area contributed by atoms with Gasteiger partial charge in [0, 0.05) is 23.5 Å². The third-order valence-corrected chi connectivity index (χ3v) is 3.66. The van der Waals surface area contributed by atoms with Crippen molar-refractivity contribution in [2.24, 2.45) is 0 Å². The number of hydrogen-bond donors (Lipinski definition) is 2. The van der Waals surface area contributed by atoms with Crippen LogP contribution in [0.15, 0.2) is 18.2 Å². The maximum atomic E-state index is 12.7. The lowest BCUT2D eigenvalue weighted by atomic mass is 10.1. The molecule has 0 spiro atoms. The Morgan fingerprint density at radius 2 is 1.90 bits per heavy atom. The monoisotopic (exact) mass is 288 g/mol. The number of carbonyl (C=O) groups excluding carboxylic acids is 1. The van der Waals surface area contributed by atoms with Crippen LogP contribution in [0, 0.1) is 13.8 Å². The van der Waals surface area contributed by atoms with Crippen molar-refractivity contribution < 1.29 is 9.90 Å². The van der Waals surface area contributed by atoms with E-state index in [2.05, 4.69) is 11.1 Å². The minimum atomic E-state index is -0.537. The highest BCUT2D eigenvalue weighted by molar-refractivity contribution is 5.99. The van der Waals surface area contributed by atoms with Gasteiger partial charge in [-0.1, -0.05) is 6.07 Å². The van der Waals surface area contributed by atoms with Crippen molar-refractivity contribution in [1.82, 2.24) is 9.88 Å². The first-order chi connectivity index (χ1) is 9.79. The first kappa shape index (κ1) is 15.6. The zero-order valence-corrected chi connectivity index (χ0v) is 13.4. The van der Waals surface area contributed by atoms with Crippen LogP contribution in [0.1, 0.15) is 42.4 Å². The summed E-state index contributed by atoms with van der Waals surface area (Å²) in [6.45, 7) is 10.0. The molecule has 1 unspecified atom stereocenters. The molecule has 1 aromatic carbocycles. The summed E-state index contributed by atoms with van der Waals surface area (Å²) in [5.41, 5.74) is 3.89. The van der Waals surface area contributed by atoms with E-state index in [9.17, 15) is 9.90 Å². The molecule has 4 nitrogen and oxygen atoms in total. The number of nitrogens with zero attached hydrogens (tertiary/aromatic N) is 1. The molecule has 0 fully saturated rings. The number of aryl methyl sites for hydroxylation is 2. The molecule has 1 aromatic heterocycles. The molecular formula is C17H24N2O2. The Kier molecular flexibility index (Phi) is 4.37. The second-order valence-corrected chi connectivity index (χ2v) is 6.13. The van der Waals surface area contributed by atoms with E-state index in [-0.39, 0.29) is 11.9 Å². The van der Waals surface area contributed by atoms with Crippen LogP contribution >= 0.6 is 0 Å². The van der Waals surface area contributed by atoms with Gasteiger partial charge in [-0.2, -0.15) is 0 Å². The zero-order chi connectivity index (χ0) is 15.7. The van der Waals surface area contributed by atoms with E-state index in [4.69, 9.17) is 0 Å². The molecule has 1 heterocycles. The number of fused-ring (bicyclic) bond motifs is 1. The van der Waals surface area contributed by atoms with Gasteiger partial charge >= 0.3 is 0 Å². The summed E-state index contributed by atoms with van der Waals surface area (Å²) >= 11 is 0. The van der Waals surface area contributed by atoms with Gasteiger partial charge in [0.2, 0.25) is 0 Å². The van der Waals surface area contributed by atoms with Crippen molar-refractivity contribution in [1.29, 1.82) is 0 Å². The van der Waals surface area contributed by atoms with E-state index in [0.717, 1.165) is 16.5 Å². The molecule has 114 valence electrons. The standard InChI is InChI=1S/C17H24N2O2/c1-10(2)19(9-13(5)20)17(21)16-8-14-12(4)6-11(3)7-15(14)18-16/h6-8,10,13,18,20H,9H2,1-5H3. The molecule has 4 heteroatoms. The summed E-state index contributed by atoms with van der Waals surface area (Å²) in [6.07, 6.45) is -0.537. The molecule has 0 radical (unpaired) electrons. The molecule has 0 aliphatic heterocycles. The van der Waals surface area contributed by atoms with E-state index in [0.29, 0.717) is 12.2 Å². The van der Waals surface area contributed by atoms with Gasteiger partial charge in [0.1, 0.15) is 5.69 Å². The number of aromatic amines is 1. The van der Waals surface area contributed by atoms with Crippen molar-refractivity contribution in [2.75, 3.05) is 6.54 Å². The normalized spacial score (nSPS) is 12.9. The van der Waals surface area contributed by atoms with Crippen LogP contribution in [-0.2, 0) is 0 Å². The van der Waals surface area contributed by atoms with Crippen LogP contribution in [0.2, 0.25) is 0 Å². The summed E-state index contributed by atoms with van der Waals surface area (Å²) in [5.74, 6) is -0.0702. The Morgan fingerprint density at radius 3 is 2.48 bits per heavy atom. The molecule has 0 aliphatic carbocycles. The topological polar surface area (TPSA) is 56.3 Å². The van der Waals surface area contributed by atoms with Gasteiger partial charge in [-0.15, -0.1) is 0 Å². The predicted octanol–water partition coefficient (Wildman–Crippen LogP) is 3.02. The molecule has 0 bridgehead atoms. The molecule has 0 saturated carbocycles.